The molecule has 0 saturated carbocycles. The lowest BCUT2D eigenvalue weighted by atomic mass is 10.2. The van der Waals surface area contributed by atoms with Crippen molar-refractivity contribution in [3.8, 4) is 5.75 Å². The van der Waals surface area contributed by atoms with Crippen molar-refractivity contribution < 1.29 is 24.2 Å². The molecule has 1 atom stereocenters. The minimum absolute atomic E-state index is 0.0182. The summed E-state index contributed by atoms with van der Waals surface area (Å²) < 4.78 is 10.9. The second-order valence-corrected chi connectivity index (χ2v) is 5.84. The Labute approximate surface area is 144 Å². The van der Waals surface area contributed by atoms with Gasteiger partial charge in [0.15, 0.2) is 0 Å². The minimum atomic E-state index is -0.406. The predicted octanol–water partition coefficient (Wildman–Crippen LogP) is 3.60. The Hall–Kier alpha value is -1.50. The lowest BCUT2D eigenvalue weighted by molar-refractivity contribution is -0.125. The van der Waals surface area contributed by atoms with Crippen molar-refractivity contribution in [3.05, 3.63) is 22.2 Å². The number of ether oxygens (including phenoxy) is 2. The van der Waals surface area contributed by atoms with Gasteiger partial charge in [0.05, 0.1) is 21.8 Å². The van der Waals surface area contributed by atoms with Crippen molar-refractivity contribution in [2.24, 2.45) is 0 Å². The number of halogens is 2. The molecule has 128 valence electrons. The highest BCUT2D eigenvalue weighted by Crippen LogP contribution is 2.35. The summed E-state index contributed by atoms with van der Waals surface area (Å²) in [6.07, 6.45) is 1.20. The fourth-order valence-electron chi connectivity index (χ4n) is 1.97. The van der Waals surface area contributed by atoms with Crippen LogP contribution in [-0.4, -0.2) is 36.3 Å². The van der Waals surface area contributed by atoms with Gasteiger partial charge in [0.1, 0.15) is 11.9 Å². The van der Waals surface area contributed by atoms with Crippen LogP contribution in [0.25, 0.3) is 0 Å². The second-order valence-electron chi connectivity index (χ2n) is 5.03. The maximum Gasteiger partial charge on any atom is 0.290 e. The van der Waals surface area contributed by atoms with E-state index in [1.165, 1.54) is 0 Å². The molecule has 8 heteroatoms. The first-order chi connectivity index (χ1) is 10.9. The maximum absolute atomic E-state index is 12.0. The molecule has 1 amide bonds. The van der Waals surface area contributed by atoms with Gasteiger partial charge in [0, 0.05) is 12.7 Å². The number of rotatable bonds is 4. The normalized spacial score (nSPS) is 16.5. The highest BCUT2D eigenvalue weighted by Gasteiger charge is 2.24. The molecule has 1 fully saturated rings. The van der Waals surface area contributed by atoms with Crippen LogP contribution in [0.5, 0.6) is 5.75 Å². The number of carbonyl (C=O) groups is 2. The van der Waals surface area contributed by atoms with E-state index in [0.717, 1.165) is 12.8 Å². The summed E-state index contributed by atoms with van der Waals surface area (Å²) in [5, 5.41) is 10.4. The van der Waals surface area contributed by atoms with E-state index in [-0.39, 0.29) is 18.5 Å². The first kappa shape index (κ1) is 19.5. The van der Waals surface area contributed by atoms with Crippen LogP contribution >= 0.6 is 23.2 Å². The predicted molar refractivity (Wildman–Crippen MR) is 88.5 cm³/mol. The number of nitrogens with one attached hydrogen (secondary N) is 1. The molecule has 1 saturated heterocycles. The third-order valence-corrected chi connectivity index (χ3v) is 3.47. The lowest BCUT2D eigenvalue weighted by Gasteiger charge is -2.16. The summed E-state index contributed by atoms with van der Waals surface area (Å²) in [6, 6.07) is 3.20. The van der Waals surface area contributed by atoms with Gasteiger partial charge >= 0.3 is 0 Å². The molecule has 0 bridgehead atoms. The van der Waals surface area contributed by atoms with Crippen LogP contribution in [0.2, 0.25) is 10.0 Å². The standard InChI is InChI=1S/C14H17Cl2NO3.CH2O2/c1-8(2)20-13-7-11(9(15)6-10(13)16)17-14(18)12-4-3-5-19-12;2-1-3/h6-8,12H,3-5H2,1-2H3,(H,17,18);1H,(H,2,3). The van der Waals surface area contributed by atoms with Crippen molar-refractivity contribution in [1.82, 2.24) is 0 Å². The van der Waals surface area contributed by atoms with Gasteiger partial charge < -0.3 is 19.9 Å². The van der Waals surface area contributed by atoms with Crippen LogP contribution in [0.15, 0.2) is 12.1 Å². The highest BCUT2D eigenvalue weighted by molar-refractivity contribution is 6.37. The van der Waals surface area contributed by atoms with Crippen LogP contribution in [0.4, 0.5) is 5.69 Å². The summed E-state index contributed by atoms with van der Waals surface area (Å²) in [5.74, 6) is 0.302. The van der Waals surface area contributed by atoms with Crippen molar-refractivity contribution in [2.75, 3.05) is 11.9 Å². The van der Waals surface area contributed by atoms with Crippen LogP contribution in [0, 0.1) is 0 Å². The molecule has 2 rings (SSSR count). The summed E-state index contributed by atoms with van der Waals surface area (Å²) in [6.45, 7) is 4.17. The average molecular weight is 364 g/mol. The summed E-state index contributed by atoms with van der Waals surface area (Å²) in [7, 11) is 0. The summed E-state index contributed by atoms with van der Waals surface area (Å²) in [4.78, 5) is 20.4. The molecular weight excluding hydrogens is 345 g/mol. The minimum Gasteiger partial charge on any atom is -0.489 e. The van der Waals surface area contributed by atoms with E-state index < -0.39 is 6.10 Å². The third kappa shape index (κ3) is 6.25. The number of anilines is 1. The van der Waals surface area contributed by atoms with E-state index >= 15 is 0 Å². The summed E-state index contributed by atoms with van der Waals surface area (Å²) in [5.41, 5.74) is 0.479. The number of amides is 1. The third-order valence-electron chi connectivity index (χ3n) is 2.86. The molecule has 6 nitrogen and oxygen atoms in total. The Kier molecular flexibility index (Phi) is 8.16. The van der Waals surface area contributed by atoms with Crippen LogP contribution in [0.3, 0.4) is 0 Å². The van der Waals surface area contributed by atoms with Gasteiger partial charge in [-0.2, -0.15) is 0 Å². The first-order valence-corrected chi connectivity index (χ1v) is 7.80. The molecule has 0 aliphatic carbocycles. The zero-order valence-corrected chi connectivity index (χ0v) is 14.4. The molecule has 0 aromatic heterocycles. The largest absolute Gasteiger partial charge is 0.489 e. The average Bonchev–Trinajstić information content (AvgIpc) is 2.98. The number of hydrogen-bond acceptors (Lipinski definition) is 4. The Morgan fingerprint density at radius 2 is 2.09 bits per heavy atom. The number of carbonyl (C=O) groups excluding carboxylic acids is 1. The fourth-order valence-corrected chi connectivity index (χ4v) is 2.44. The van der Waals surface area contributed by atoms with Gasteiger partial charge in [-0.3, -0.25) is 9.59 Å². The molecule has 2 N–H and O–H groups in total. The fraction of sp³-hybridized carbons (Fsp3) is 0.467. The number of carboxylic acid groups (broad SMARTS) is 1. The first-order valence-electron chi connectivity index (χ1n) is 7.05. The maximum atomic E-state index is 12.0. The molecule has 1 aliphatic heterocycles. The molecule has 1 heterocycles. The van der Waals surface area contributed by atoms with Gasteiger partial charge in [-0.15, -0.1) is 0 Å². The van der Waals surface area contributed by atoms with Gasteiger partial charge in [-0.25, -0.2) is 0 Å². The topological polar surface area (TPSA) is 84.9 Å². The molecule has 23 heavy (non-hydrogen) atoms. The van der Waals surface area contributed by atoms with E-state index in [1.54, 1.807) is 12.1 Å². The van der Waals surface area contributed by atoms with Gasteiger partial charge in [-0.05, 0) is 32.8 Å². The van der Waals surface area contributed by atoms with Gasteiger partial charge in [0.25, 0.3) is 12.4 Å². The lowest BCUT2D eigenvalue weighted by Crippen LogP contribution is -2.27. The van der Waals surface area contributed by atoms with E-state index in [0.29, 0.717) is 28.1 Å². The Morgan fingerprint density at radius 1 is 1.43 bits per heavy atom. The number of hydrogen-bond donors (Lipinski definition) is 2. The van der Waals surface area contributed by atoms with Crippen LogP contribution in [-0.2, 0) is 14.3 Å². The Morgan fingerprint density at radius 3 is 2.61 bits per heavy atom. The molecule has 0 radical (unpaired) electrons. The Balaban J connectivity index is 0.000000816. The van der Waals surface area contributed by atoms with Crippen molar-refractivity contribution in [3.63, 3.8) is 0 Å². The van der Waals surface area contributed by atoms with Crippen LogP contribution in [0.1, 0.15) is 26.7 Å². The van der Waals surface area contributed by atoms with Gasteiger partial charge in [-0.1, -0.05) is 23.2 Å². The van der Waals surface area contributed by atoms with E-state index in [2.05, 4.69) is 5.32 Å². The zero-order chi connectivity index (χ0) is 17.4. The highest BCUT2D eigenvalue weighted by atomic mass is 35.5. The molecule has 1 unspecified atom stereocenters. The molecule has 1 aliphatic rings. The number of benzene rings is 1. The SMILES string of the molecule is CC(C)Oc1cc(NC(=O)C2CCCO2)c(Cl)cc1Cl.O=CO. The van der Waals surface area contributed by atoms with E-state index in [4.69, 9.17) is 42.6 Å². The van der Waals surface area contributed by atoms with Crippen molar-refractivity contribution in [2.45, 2.75) is 38.9 Å². The molecule has 1 aromatic carbocycles. The van der Waals surface area contributed by atoms with Crippen molar-refractivity contribution >= 4 is 41.3 Å². The van der Waals surface area contributed by atoms with Crippen LogP contribution < -0.4 is 10.1 Å². The van der Waals surface area contributed by atoms with Crippen molar-refractivity contribution in [1.29, 1.82) is 0 Å². The zero-order valence-electron chi connectivity index (χ0n) is 12.8. The van der Waals surface area contributed by atoms with E-state index in [9.17, 15) is 4.79 Å². The van der Waals surface area contributed by atoms with Gasteiger partial charge in [0.2, 0.25) is 0 Å². The Bertz CT molecular complexity index is 545. The molecular formula is C15H19Cl2NO5. The smallest absolute Gasteiger partial charge is 0.290 e. The quantitative estimate of drug-likeness (QED) is 0.798. The monoisotopic (exact) mass is 363 g/mol. The molecule has 0 spiro atoms. The van der Waals surface area contributed by atoms with E-state index in [1.807, 2.05) is 13.8 Å². The second kappa shape index (κ2) is 9.60. The summed E-state index contributed by atoms with van der Waals surface area (Å²) >= 11 is 12.2. The molecule has 1 aromatic rings.